The molecule has 2 aliphatic heterocycles. The molecule has 0 spiro atoms. The lowest BCUT2D eigenvalue weighted by molar-refractivity contribution is 0.256. The summed E-state index contributed by atoms with van der Waals surface area (Å²) in [7, 11) is 0. The van der Waals surface area contributed by atoms with E-state index in [2.05, 4.69) is 158 Å². The number of benzene rings is 5. The highest BCUT2D eigenvalue weighted by Crippen LogP contribution is 2.32. The van der Waals surface area contributed by atoms with Crippen LogP contribution in [-0.4, -0.2) is 62.2 Å². The maximum atomic E-state index is 3.67. The van der Waals surface area contributed by atoms with Crippen LogP contribution in [0.5, 0.6) is 0 Å². The molecule has 0 amide bonds. The Labute approximate surface area is 344 Å². The number of rotatable bonds is 7. The van der Waals surface area contributed by atoms with Crippen LogP contribution in [0, 0.1) is 0 Å². The van der Waals surface area contributed by atoms with Crippen LogP contribution >= 0.6 is 0 Å². The Kier molecular flexibility index (Phi) is 17.8. The Morgan fingerprint density at radius 3 is 1.09 bits per heavy atom. The molecule has 7 rings (SSSR count). The van der Waals surface area contributed by atoms with E-state index >= 15 is 0 Å². The third-order valence-electron chi connectivity index (χ3n) is 11.2. The Hall–Kier alpha value is -4.14. The van der Waals surface area contributed by atoms with E-state index < -0.39 is 0 Å². The Balaban J connectivity index is 0.00000270. The van der Waals surface area contributed by atoms with Gasteiger partial charge in [0.05, 0.1) is 0 Å². The molecule has 4 N–H and O–H groups in total. The predicted molar refractivity (Wildman–Crippen MR) is 240 cm³/mol. The van der Waals surface area contributed by atoms with Gasteiger partial charge < -0.3 is 21.3 Å². The average molecular weight is 765 g/mol. The molecule has 0 fully saturated rings. The molecule has 5 aromatic rings. The minimum atomic E-state index is 0.196. The molecule has 0 saturated carbocycles. The summed E-state index contributed by atoms with van der Waals surface area (Å²) in [6.07, 6.45) is 4.61. The fourth-order valence-electron chi connectivity index (χ4n) is 8.25. The van der Waals surface area contributed by atoms with E-state index in [0.717, 1.165) is 117 Å². The first kappa shape index (κ1) is 42.5. The van der Waals surface area contributed by atoms with Gasteiger partial charge in [-0.2, -0.15) is 0 Å². The van der Waals surface area contributed by atoms with Gasteiger partial charge in [0, 0.05) is 45.2 Å². The monoisotopic (exact) mass is 765 g/mol. The van der Waals surface area contributed by atoms with Crippen molar-refractivity contribution in [3.8, 4) is 0 Å². The Morgan fingerprint density at radius 1 is 0.404 bits per heavy atom. The molecule has 0 atom stereocenters. The van der Waals surface area contributed by atoms with Gasteiger partial charge in [-0.3, -0.25) is 9.80 Å². The summed E-state index contributed by atoms with van der Waals surface area (Å²) < 4.78 is 0. The number of hydrogen-bond donors (Lipinski definition) is 4. The van der Waals surface area contributed by atoms with Crippen molar-refractivity contribution in [1.29, 1.82) is 0 Å². The number of fused-ring (bicyclic) bond motifs is 4. The molecule has 57 heavy (non-hydrogen) atoms. The van der Waals surface area contributed by atoms with Gasteiger partial charge in [-0.15, -0.1) is 0 Å². The smallest absolute Gasteiger partial charge is 0.0339 e. The van der Waals surface area contributed by atoms with Crippen LogP contribution in [0.25, 0.3) is 0 Å². The normalized spacial score (nSPS) is 17.1. The van der Waals surface area contributed by atoms with Gasteiger partial charge in [0.2, 0.25) is 0 Å². The van der Waals surface area contributed by atoms with Crippen LogP contribution in [-0.2, 0) is 39.3 Å². The molecule has 0 radical (unpaired) electrons. The molecule has 6 heteroatoms. The van der Waals surface area contributed by atoms with Crippen molar-refractivity contribution < 1.29 is 0 Å². The zero-order valence-electron chi connectivity index (χ0n) is 34.8. The van der Waals surface area contributed by atoms with Gasteiger partial charge in [-0.25, -0.2) is 0 Å². The van der Waals surface area contributed by atoms with E-state index in [-0.39, 0.29) is 5.92 Å². The molecular formula is C51H68N6. The van der Waals surface area contributed by atoms with Gasteiger partial charge in [0.15, 0.2) is 0 Å². The first-order valence-corrected chi connectivity index (χ1v) is 21.9. The summed E-state index contributed by atoms with van der Waals surface area (Å²) in [5.41, 5.74) is 12.3. The minimum Gasteiger partial charge on any atom is -0.313 e. The molecule has 2 aliphatic rings. The van der Waals surface area contributed by atoms with Crippen molar-refractivity contribution >= 4 is 0 Å². The zero-order chi connectivity index (χ0) is 39.3. The van der Waals surface area contributed by atoms with Gasteiger partial charge in [-0.05, 0) is 128 Å². The van der Waals surface area contributed by atoms with Crippen molar-refractivity contribution in [1.82, 2.24) is 31.1 Å². The van der Waals surface area contributed by atoms with Crippen LogP contribution < -0.4 is 21.3 Å². The van der Waals surface area contributed by atoms with Gasteiger partial charge in [0.25, 0.3) is 0 Å². The number of nitrogens with zero attached hydrogens (tertiary/aromatic N) is 2. The molecule has 0 unspecified atom stereocenters. The highest BCUT2D eigenvalue weighted by Gasteiger charge is 2.18. The quantitative estimate of drug-likeness (QED) is 0.124. The van der Waals surface area contributed by atoms with Crippen molar-refractivity contribution in [2.24, 2.45) is 0 Å². The van der Waals surface area contributed by atoms with Gasteiger partial charge >= 0.3 is 0 Å². The van der Waals surface area contributed by atoms with E-state index in [1.54, 1.807) is 0 Å². The molecule has 6 nitrogen and oxygen atoms in total. The molecular weight excluding hydrogens is 697 g/mol. The molecule has 5 aromatic carbocycles. The average Bonchev–Trinajstić information content (AvgIpc) is 3.25. The second kappa shape index (κ2) is 23.9. The maximum Gasteiger partial charge on any atom is 0.0339 e. The van der Waals surface area contributed by atoms with Crippen molar-refractivity contribution in [2.45, 2.75) is 84.7 Å². The SMILES string of the molecule is CC.c1ccc(C(c2ccc(CN3CCCNCc4cccc(c4)CNCCC3)cc2)c2ccc(CN3CCCNCc4cccc(c4)CNCCC3)cc2)cc1. The van der Waals surface area contributed by atoms with Gasteiger partial charge in [-0.1, -0.05) is 141 Å². The van der Waals surface area contributed by atoms with Crippen LogP contribution in [0.3, 0.4) is 0 Å². The summed E-state index contributed by atoms with van der Waals surface area (Å²) in [4.78, 5) is 5.28. The molecule has 0 aliphatic carbocycles. The standard InChI is InChI=1S/C49H62N6.C2H6/c1-2-14-46(15-3-1)49(47-20-16-40(17-21-47)38-54-28-6-24-50-34-42-10-4-11-43(32-42)35-51-25-7-29-54)48-22-18-41(19-23-48)39-55-30-8-26-52-36-44-12-5-13-45(33-44)37-53-27-9-31-55;1-2/h1-5,10-23,32-33,49-53H,6-9,24-31,34-39H2;1-2H3. The van der Waals surface area contributed by atoms with E-state index in [0.29, 0.717) is 0 Å². The Morgan fingerprint density at radius 2 is 0.737 bits per heavy atom. The van der Waals surface area contributed by atoms with Crippen molar-refractivity contribution in [3.63, 3.8) is 0 Å². The topological polar surface area (TPSA) is 54.6 Å². The van der Waals surface area contributed by atoms with E-state index in [1.807, 2.05) is 13.8 Å². The lowest BCUT2D eigenvalue weighted by Crippen LogP contribution is -2.30. The number of hydrogen-bond acceptors (Lipinski definition) is 6. The predicted octanol–water partition coefficient (Wildman–Crippen LogP) is 8.84. The molecule has 302 valence electrons. The second-order valence-electron chi connectivity index (χ2n) is 15.6. The summed E-state index contributed by atoms with van der Waals surface area (Å²) in [5, 5.41) is 14.7. The van der Waals surface area contributed by atoms with Crippen LogP contribution in [0.2, 0.25) is 0 Å². The fraction of sp³-hybridized carbons (Fsp3) is 0.412. The van der Waals surface area contributed by atoms with Crippen LogP contribution in [0.4, 0.5) is 0 Å². The fourth-order valence-corrected chi connectivity index (χ4v) is 8.25. The largest absolute Gasteiger partial charge is 0.313 e. The first-order chi connectivity index (χ1) is 28.2. The maximum absolute atomic E-state index is 3.67. The second-order valence-corrected chi connectivity index (χ2v) is 15.6. The highest BCUT2D eigenvalue weighted by molar-refractivity contribution is 5.44. The van der Waals surface area contributed by atoms with Crippen LogP contribution in [0.15, 0.2) is 127 Å². The molecule has 0 aromatic heterocycles. The minimum absolute atomic E-state index is 0.196. The third-order valence-corrected chi connectivity index (χ3v) is 11.2. The summed E-state index contributed by atoms with van der Waals surface area (Å²) in [6.45, 7) is 18.3. The number of nitrogens with one attached hydrogen (secondary N) is 4. The molecule has 0 saturated heterocycles. The van der Waals surface area contributed by atoms with Crippen molar-refractivity contribution in [2.75, 3.05) is 52.4 Å². The van der Waals surface area contributed by atoms with E-state index in [9.17, 15) is 0 Å². The van der Waals surface area contributed by atoms with Gasteiger partial charge in [0.1, 0.15) is 0 Å². The first-order valence-electron chi connectivity index (χ1n) is 21.9. The van der Waals surface area contributed by atoms with E-state index in [4.69, 9.17) is 0 Å². The van der Waals surface area contributed by atoms with E-state index in [1.165, 1.54) is 50.1 Å². The van der Waals surface area contributed by atoms with Crippen molar-refractivity contribution in [3.05, 3.63) is 177 Å². The van der Waals surface area contributed by atoms with Crippen LogP contribution in [0.1, 0.15) is 95.5 Å². The molecule has 2 heterocycles. The Bertz CT molecular complexity index is 1670. The summed E-state index contributed by atoms with van der Waals surface area (Å²) >= 11 is 0. The highest BCUT2D eigenvalue weighted by atomic mass is 15.1. The lowest BCUT2D eigenvalue weighted by Gasteiger charge is -2.25. The molecule has 4 bridgehead atoms. The lowest BCUT2D eigenvalue weighted by atomic mass is 9.84. The summed E-state index contributed by atoms with van der Waals surface area (Å²) in [5.74, 6) is 0.196. The summed E-state index contributed by atoms with van der Waals surface area (Å²) in [6, 6.07) is 48.0. The zero-order valence-corrected chi connectivity index (χ0v) is 34.8. The third kappa shape index (κ3) is 14.0.